The van der Waals surface area contributed by atoms with Crippen molar-refractivity contribution in [1.82, 2.24) is 5.32 Å². The van der Waals surface area contributed by atoms with E-state index in [0.29, 0.717) is 19.4 Å². The monoisotopic (exact) mass is 439 g/mol. The molecular formula is C26H33NO5. The maximum atomic E-state index is 12.9. The molecule has 0 aliphatic heterocycles. The molecule has 0 heterocycles. The van der Waals surface area contributed by atoms with Gasteiger partial charge in [0.05, 0.1) is 18.4 Å². The number of esters is 1. The van der Waals surface area contributed by atoms with Crippen LogP contribution in [0.4, 0.5) is 0 Å². The number of nitrogens with one attached hydrogen (secondary N) is 1. The number of rotatable bonds is 13. The third-order valence-corrected chi connectivity index (χ3v) is 5.44. The summed E-state index contributed by atoms with van der Waals surface area (Å²) in [5.74, 6) is -1.62. The Morgan fingerprint density at radius 3 is 2.25 bits per heavy atom. The average molecular weight is 440 g/mol. The average Bonchev–Trinajstić information content (AvgIpc) is 2.79. The fourth-order valence-corrected chi connectivity index (χ4v) is 3.43. The molecule has 0 aromatic heterocycles. The number of amides is 1. The van der Waals surface area contributed by atoms with Gasteiger partial charge in [0.15, 0.2) is 0 Å². The van der Waals surface area contributed by atoms with Gasteiger partial charge in [0.25, 0.3) is 0 Å². The molecule has 6 heteroatoms. The first kappa shape index (κ1) is 25.1. The number of aliphatic carboxylic acids is 1. The molecule has 0 radical (unpaired) electrons. The Hall–Kier alpha value is -3.15. The third-order valence-electron chi connectivity index (χ3n) is 5.44. The van der Waals surface area contributed by atoms with E-state index < -0.39 is 11.4 Å². The molecule has 0 bridgehead atoms. The highest BCUT2D eigenvalue weighted by atomic mass is 16.5. The number of hydrogen-bond acceptors (Lipinski definition) is 4. The van der Waals surface area contributed by atoms with Crippen LogP contribution in [0.3, 0.4) is 0 Å². The van der Waals surface area contributed by atoms with Crippen molar-refractivity contribution in [1.29, 1.82) is 0 Å². The molecule has 2 rings (SSSR count). The lowest BCUT2D eigenvalue weighted by molar-refractivity contribution is -0.155. The molecular weight excluding hydrogens is 406 g/mol. The Kier molecular flexibility index (Phi) is 9.92. The van der Waals surface area contributed by atoms with Crippen LogP contribution in [-0.4, -0.2) is 36.1 Å². The number of hydrogen-bond donors (Lipinski definition) is 2. The summed E-state index contributed by atoms with van der Waals surface area (Å²) in [7, 11) is 0. The van der Waals surface area contributed by atoms with E-state index in [2.05, 4.69) is 17.4 Å². The zero-order valence-electron chi connectivity index (χ0n) is 18.9. The van der Waals surface area contributed by atoms with Gasteiger partial charge in [-0.15, -0.1) is 0 Å². The molecule has 0 saturated carbocycles. The van der Waals surface area contributed by atoms with Crippen LogP contribution in [-0.2, 0) is 25.5 Å². The molecule has 1 atom stereocenters. The number of carboxylic acid groups (broad SMARTS) is 1. The summed E-state index contributed by atoms with van der Waals surface area (Å²) in [4.78, 5) is 35.4. The first-order chi connectivity index (χ1) is 15.3. The second-order valence-electron chi connectivity index (χ2n) is 8.28. The van der Waals surface area contributed by atoms with Crippen molar-refractivity contribution < 1.29 is 24.2 Å². The van der Waals surface area contributed by atoms with Gasteiger partial charge in [-0.1, -0.05) is 67.9 Å². The van der Waals surface area contributed by atoms with Crippen molar-refractivity contribution in [3.8, 4) is 11.1 Å². The molecule has 2 aromatic carbocycles. The summed E-state index contributed by atoms with van der Waals surface area (Å²) < 4.78 is 5.52. The molecule has 0 unspecified atom stereocenters. The SMILES string of the molecule is CCCCOC(=O)[C@@](C)(CCNC(=O)CCC(=O)O)Cc1ccc(-c2ccccc2)cc1. The molecule has 0 fully saturated rings. The summed E-state index contributed by atoms with van der Waals surface area (Å²) >= 11 is 0. The van der Waals surface area contributed by atoms with E-state index in [1.54, 1.807) is 0 Å². The van der Waals surface area contributed by atoms with E-state index in [0.717, 1.165) is 29.5 Å². The van der Waals surface area contributed by atoms with E-state index >= 15 is 0 Å². The molecule has 2 aromatic rings. The molecule has 0 aliphatic rings. The predicted octanol–water partition coefficient (Wildman–Crippen LogP) is 4.62. The van der Waals surface area contributed by atoms with E-state index in [9.17, 15) is 14.4 Å². The first-order valence-electron chi connectivity index (χ1n) is 11.1. The van der Waals surface area contributed by atoms with Crippen molar-refractivity contribution >= 4 is 17.8 Å². The van der Waals surface area contributed by atoms with Crippen LogP contribution in [0.15, 0.2) is 54.6 Å². The minimum atomic E-state index is -1.01. The number of carbonyl (C=O) groups is 3. The zero-order valence-corrected chi connectivity index (χ0v) is 18.9. The van der Waals surface area contributed by atoms with Gasteiger partial charge in [0.2, 0.25) is 5.91 Å². The normalized spacial score (nSPS) is 12.6. The highest BCUT2D eigenvalue weighted by Gasteiger charge is 2.35. The summed E-state index contributed by atoms with van der Waals surface area (Å²) in [5.41, 5.74) is 2.44. The molecule has 0 aliphatic carbocycles. The highest BCUT2D eigenvalue weighted by Crippen LogP contribution is 2.30. The van der Waals surface area contributed by atoms with Crippen molar-refractivity contribution in [2.45, 2.75) is 52.4 Å². The second-order valence-corrected chi connectivity index (χ2v) is 8.28. The maximum absolute atomic E-state index is 12.9. The number of carboxylic acids is 1. The lowest BCUT2D eigenvalue weighted by atomic mass is 9.80. The smallest absolute Gasteiger partial charge is 0.312 e. The minimum absolute atomic E-state index is 0.0755. The van der Waals surface area contributed by atoms with E-state index in [1.165, 1.54) is 0 Å². The molecule has 0 saturated heterocycles. The lowest BCUT2D eigenvalue weighted by Gasteiger charge is -2.28. The summed E-state index contributed by atoms with van der Waals surface area (Å²) in [6.07, 6.45) is 2.34. The first-order valence-corrected chi connectivity index (χ1v) is 11.1. The molecule has 6 nitrogen and oxygen atoms in total. The number of carbonyl (C=O) groups excluding carboxylic acids is 2. The topological polar surface area (TPSA) is 92.7 Å². The van der Waals surface area contributed by atoms with E-state index in [-0.39, 0.29) is 31.3 Å². The number of unbranched alkanes of at least 4 members (excludes halogenated alkanes) is 1. The van der Waals surface area contributed by atoms with Gasteiger partial charge in [0, 0.05) is 13.0 Å². The largest absolute Gasteiger partial charge is 0.481 e. The second kappa shape index (κ2) is 12.6. The van der Waals surface area contributed by atoms with Gasteiger partial charge in [-0.3, -0.25) is 14.4 Å². The number of ether oxygens (including phenoxy) is 1. The van der Waals surface area contributed by atoms with Gasteiger partial charge in [-0.2, -0.15) is 0 Å². The molecule has 0 spiro atoms. The van der Waals surface area contributed by atoms with Crippen LogP contribution in [0.1, 0.15) is 51.5 Å². The van der Waals surface area contributed by atoms with Crippen LogP contribution in [0.25, 0.3) is 11.1 Å². The molecule has 32 heavy (non-hydrogen) atoms. The quantitative estimate of drug-likeness (QED) is 0.351. The van der Waals surface area contributed by atoms with Gasteiger partial charge in [-0.25, -0.2) is 0 Å². The molecule has 172 valence electrons. The predicted molar refractivity (Wildman–Crippen MR) is 124 cm³/mol. The Morgan fingerprint density at radius 2 is 1.62 bits per heavy atom. The van der Waals surface area contributed by atoms with Crippen LogP contribution in [0, 0.1) is 5.41 Å². The van der Waals surface area contributed by atoms with E-state index in [1.807, 2.05) is 56.3 Å². The Balaban J connectivity index is 2.05. The van der Waals surface area contributed by atoms with E-state index in [4.69, 9.17) is 9.84 Å². The third kappa shape index (κ3) is 8.17. The Labute approximate surface area is 190 Å². The molecule has 2 N–H and O–H groups in total. The van der Waals surface area contributed by atoms with Crippen LogP contribution in [0.2, 0.25) is 0 Å². The van der Waals surface area contributed by atoms with Crippen LogP contribution >= 0.6 is 0 Å². The fraction of sp³-hybridized carbons (Fsp3) is 0.423. The van der Waals surface area contributed by atoms with Crippen LogP contribution < -0.4 is 5.32 Å². The van der Waals surface area contributed by atoms with Crippen molar-refractivity contribution in [2.24, 2.45) is 5.41 Å². The lowest BCUT2D eigenvalue weighted by Crippen LogP contribution is -2.37. The minimum Gasteiger partial charge on any atom is -0.481 e. The van der Waals surface area contributed by atoms with Crippen molar-refractivity contribution in [3.05, 3.63) is 60.2 Å². The zero-order chi connectivity index (χ0) is 23.4. The van der Waals surface area contributed by atoms with Gasteiger partial charge in [0.1, 0.15) is 0 Å². The summed E-state index contributed by atoms with van der Waals surface area (Å²) in [5, 5.41) is 11.4. The highest BCUT2D eigenvalue weighted by molar-refractivity contribution is 5.81. The van der Waals surface area contributed by atoms with Crippen LogP contribution in [0.5, 0.6) is 0 Å². The Morgan fingerprint density at radius 1 is 0.969 bits per heavy atom. The number of benzene rings is 2. The summed E-state index contributed by atoms with van der Waals surface area (Å²) in [6, 6.07) is 18.2. The van der Waals surface area contributed by atoms with Gasteiger partial charge in [-0.05, 0) is 42.9 Å². The maximum Gasteiger partial charge on any atom is 0.312 e. The van der Waals surface area contributed by atoms with Crippen molar-refractivity contribution in [3.63, 3.8) is 0 Å². The fourth-order valence-electron chi connectivity index (χ4n) is 3.43. The van der Waals surface area contributed by atoms with Gasteiger partial charge >= 0.3 is 11.9 Å². The standard InChI is InChI=1S/C26H33NO5/c1-3-4-18-32-25(31)26(2,16-17-27-23(28)14-15-24(29)30)19-20-10-12-22(13-11-20)21-8-6-5-7-9-21/h5-13H,3-4,14-19H2,1-2H3,(H,27,28)(H,29,30)/t26-/m0/s1. The Bertz CT molecular complexity index is 879. The summed E-state index contributed by atoms with van der Waals surface area (Å²) in [6.45, 7) is 4.55. The molecule has 1 amide bonds. The van der Waals surface area contributed by atoms with Gasteiger partial charge < -0.3 is 15.2 Å². The van der Waals surface area contributed by atoms with Crippen molar-refractivity contribution in [2.75, 3.05) is 13.2 Å².